The quantitative estimate of drug-likeness (QED) is 0.263. The molecule has 1 unspecified atom stereocenters. The molecule has 0 saturated heterocycles. The highest BCUT2D eigenvalue weighted by atomic mass is 16.5. The zero-order valence-electron chi connectivity index (χ0n) is 22.8. The van der Waals surface area contributed by atoms with Crippen LogP contribution in [-0.2, 0) is 19.3 Å². The Balaban J connectivity index is 1.58. The molecule has 7 heteroatoms. The van der Waals surface area contributed by atoms with Crippen molar-refractivity contribution in [3.63, 3.8) is 0 Å². The Hall–Kier alpha value is -3.03. The van der Waals surface area contributed by atoms with Crippen molar-refractivity contribution in [3.05, 3.63) is 65.2 Å². The van der Waals surface area contributed by atoms with E-state index < -0.39 is 5.91 Å². The normalized spacial score (nSPS) is 13.8. The second-order valence-corrected chi connectivity index (χ2v) is 10.7. The van der Waals surface area contributed by atoms with Crippen LogP contribution in [-0.4, -0.2) is 55.5 Å². The standard InChI is InChI=1S/C30H43N3O4/c1-6-8-22-9-10-26(27(20-22)37-30(3,4)5)36-16-12-32-21(2)17-23-18-24-11-14-33(13-7-15-34)28(24)25(19-23)29(31)35/h6,9-10,18-21,32,34H,1,7-8,11-17H2,2-5H3,(H2,31,35). The van der Waals surface area contributed by atoms with Crippen molar-refractivity contribution in [2.75, 3.05) is 37.7 Å². The number of aliphatic hydroxyl groups is 1. The van der Waals surface area contributed by atoms with Crippen LogP contribution in [0.25, 0.3) is 0 Å². The van der Waals surface area contributed by atoms with Gasteiger partial charge < -0.3 is 30.5 Å². The second kappa shape index (κ2) is 13.0. The minimum absolute atomic E-state index is 0.133. The average Bonchev–Trinajstić information content (AvgIpc) is 3.23. The molecule has 37 heavy (non-hydrogen) atoms. The molecule has 0 aromatic heterocycles. The number of nitrogens with zero attached hydrogens (tertiary/aromatic N) is 1. The van der Waals surface area contributed by atoms with E-state index in [2.05, 4.69) is 29.8 Å². The van der Waals surface area contributed by atoms with Crippen LogP contribution in [0.2, 0.25) is 0 Å². The van der Waals surface area contributed by atoms with Crippen LogP contribution in [0.3, 0.4) is 0 Å². The predicted octanol–water partition coefficient (Wildman–Crippen LogP) is 4.04. The Kier molecular flexibility index (Phi) is 10.0. The molecule has 0 aliphatic carbocycles. The van der Waals surface area contributed by atoms with E-state index in [1.807, 2.05) is 51.1 Å². The van der Waals surface area contributed by atoms with Gasteiger partial charge in [-0.1, -0.05) is 18.2 Å². The van der Waals surface area contributed by atoms with Gasteiger partial charge in [0.25, 0.3) is 5.91 Å². The number of hydrogen-bond acceptors (Lipinski definition) is 6. The lowest BCUT2D eigenvalue weighted by atomic mass is 9.98. The highest BCUT2D eigenvalue weighted by Crippen LogP contribution is 2.34. The van der Waals surface area contributed by atoms with Crippen molar-refractivity contribution in [1.82, 2.24) is 5.32 Å². The van der Waals surface area contributed by atoms with Gasteiger partial charge in [0.2, 0.25) is 0 Å². The molecule has 4 N–H and O–H groups in total. The molecule has 202 valence electrons. The number of nitrogens with one attached hydrogen (secondary N) is 1. The number of ether oxygens (including phenoxy) is 2. The number of primary amides is 1. The predicted molar refractivity (Wildman–Crippen MR) is 150 cm³/mol. The van der Waals surface area contributed by atoms with Gasteiger partial charge in [-0.05, 0) is 88.3 Å². The van der Waals surface area contributed by atoms with E-state index in [1.165, 1.54) is 0 Å². The zero-order valence-corrected chi connectivity index (χ0v) is 22.8. The SMILES string of the molecule is C=CCc1ccc(OCCNC(C)Cc2cc3c(c(C(N)=O)c2)N(CCCO)CC3)c(OC(C)(C)C)c1. The minimum Gasteiger partial charge on any atom is -0.488 e. The molecule has 1 aliphatic rings. The number of anilines is 1. The molecule has 3 rings (SSSR count). The van der Waals surface area contributed by atoms with Gasteiger partial charge in [0, 0.05) is 32.3 Å². The van der Waals surface area contributed by atoms with E-state index >= 15 is 0 Å². The molecule has 1 aliphatic heterocycles. The van der Waals surface area contributed by atoms with Crippen LogP contribution in [0.1, 0.15) is 61.2 Å². The number of carbonyl (C=O) groups excluding carboxylic acids is 1. The molecule has 0 bridgehead atoms. The Morgan fingerprint density at radius 3 is 2.70 bits per heavy atom. The molecule has 1 heterocycles. The molecule has 0 saturated carbocycles. The number of allylic oxidation sites excluding steroid dienone is 1. The topological polar surface area (TPSA) is 97.0 Å². The number of aliphatic hydroxyl groups excluding tert-OH is 1. The molecule has 2 aromatic carbocycles. The van der Waals surface area contributed by atoms with E-state index in [4.69, 9.17) is 15.2 Å². The van der Waals surface area contributed by atoms with Gasteiger partial charge in [0.1, 0.15) is 12.2 Å². The van der Waals surface area contributed by atoms with E-state index in [1.54, 1.807) is 0 Å². The van der Waals surface area contributed by atoms with Gasteiger partial charge in [-0.3, -0.25) is 4.79 Å². The van der Waals surface area contributed by atoms with E-state index in [9.17, 15) is 9.90 Å². The molecular formula is C30H43N3O4. The van der Waals surface area contributed by atoms with Crippen molar-refractivity contribution in [2.24, 2.45) is 5.73 Å². The van der Waals surface area contributed by atoms with Gasteiger partial charge in [0.05, 0.1) is 11.3 Å². The minimum atomic E-state index is -0.407. The van der Waals surface area contributed by atoms with Crippen molar-refractivity contribution >= 4 is 11.6 Å². The summed E-state index contributed by atoms with van der Waals surface area (Å²) < 4.78 is 12.2. The summed E-state index contributed by atoms with van der Waals surface area (Å²) in [5.74, 6) is 1.06. The summed E-state index contributed by atoms with van der Waals surface area (Å²) in [7, 11) is 0. The van der Waals surface area contributed by atoms with Crippen LogP contribution in [0.5, 0.6) is 11.5 Å². The lowest BCUT2D eigenvalue weighted by molar-refractivity contribution is 0.100. The number of benzene rings is 2. The summed E-state index contributed by atoms with van der Waals surface area (Å²) in [5, 5.41) is 12.7. The second-order valence-electron chi connectivity index (χ2n) is 10.7. The maximum Gasteiger partial charge on any atom is 0.250 e. The third kappa shape index (κ3) is 8.23. The first kappa shape index (κ1) is 28.5. The summed E-state index contributed by atoms with van der Waals surface area (Å²) in [6, 6.07) is 10.3. The molecule has 0 radical (unpaired) electrons. The summed E-state index contributed by atoms with van der Waals surface area (Å²) in [6.45, 7) is 14.9. The average molecular weight is 510 g/mol. The van der Waals surface area contributed by atoms with Crippen LogP contribution in [0, 0.1) is 0 Å². The van der Waals surface area contributed by atoms with Crippen LogP contribution in [0.4, 0.5) is 5.69 Å². The summed E-state index contributed by atoms with van der Waals surface area (Å²) in [4.78, 5) is 14.4. The molecule has 1 amide bonds. The Bertz CT molecular complexity index is 1080. The van der Waals surface area contributed by atoms with Crippen molar-refractivity contribution in [3.8, 4) is 11.5 Å². The third-order valence-electron chi connectivity index (χ3n) is 6.27. The monoisotopic (exact) mass is 509 g/mol. The first-order valence-corrected chi connectivity index (χ1v) is 13.2. The first-order valence-electron chi connectivity index (χ1n) is 13.2. The number of nitrogens with two attached hydrogens (primary N) is 1. The third-order valence-corrected chi connectivity index (χ3v) is 6.27. The smallest absolute Gasteiger partial charge is 0.250 e. The Labute approximate surface area is 221 Å². The number of carbonyl (C=O) groups is 1. The van der Waals surface area contributed by atoms with Crippen LogP contribution < -0.4 is 25.4 Å². The van der Waals surface area contributed by atoms with Crippen molar-refractivity contribution in [1.29, 1.82) is 0 Å². The van der Waals surface area contributed by atoms with Gasteiger partial charge in [-0.25, -0.2) is 0 Å². The Morgan fingerprint density at radius 2 is 2.03 bits per heavy atom. The van der Waals surface area contributed by atoms with Gasteiger partial charge in [-0.2, -0.15) is 0 Å². The summed E-state index contributed by atoms with van der Waals surface area (Å²) in [6.07, 6.45) is 4.99. The van der Waals surface area contributed by atoms with E-state index in [0.29, 0.717) is 25.1 Å². The highest BCUT2D eigenvalue weighted by Gasteiger charge is 2.25. The lowest BCUT2D eigenvalue weighted by Gasteiger charge is -2.24. The molecule has 1 atom stereocenters. The molecule has 2 aromatic rings. The van der Waals surface area contributed by atoms with E-state index in [-0.39, 0.29) is 18.2 Å². The van der Waals surface area contributed by atoms with Gasteiger partial charge in [-0.15, -0.1) is 6.58 Å². The number of fused-ring (bicyclic) bond motifs is 1. The van der Waals surface area contributed by atoms with Crippen molar-refractivity contribution in [2.45, 2.75) is 65.0 Å². The highest BCUT2D eigenvalue weighted by molar-refractivity contribution is 6.00. The Morgan fingerprint density at radius 1 is 1.24 bits per heavy atom. The van der Waals surface area contributed by atoms with Crippen LogP contribution >= 0.6 is 0 Å². The number of rotatable bonds is 14. The fourth-order valence-electron chi connectivity index (χ4n) is 4.75. The van der Waals surface area contributed by atoms with Gasteiger partial charge in [0.15, 0.2) is 11.5 Å². The zero-order chi connectivity index (χ0) is 27.0. The first-order chi connectivity index (χ1) is 17.6. The maximum atomic E-state index is 12.2. The van der Waals surface area contributed by atoms with Crippen LogP contribution in [0.15, 0.2) is 43.0 Å². The number of hydrogen-bond donors (Lipinski definition) is 3. The summed E-state index contributed by atoms with van der Waals surface area (Å²) in [5.41, 5.74) is 10.3. The lowest BCUT2D eigenvalue weighted by Crippen LogP contribution is -2.32. The molecular weight excluding hydrogens is 466 g/mol. The fourth-order valence-corrected chi connectivity index (χ4v) is 4.75. The van der Waals surface area contributed by atoms with E-state index in [0.717, 1.165) is 66.2 Å². The molecule has 0 spiro atoms. The maximum absolute atomic E-state index is 12.2. The fraction of sp³-hybridized carbons (Fsp3) is 0.500. The molecule has 7 nitrogen and oxygen atoms in total. The summed E-state index contributed by atoms with van der Waals surface area (Å²) >= 11 is 0. The largest absolute Gasteiger partial charge is 0.488 e. The molecule has 0 fully saturated rings. The van der Waals surface area contributed by atoms with Gasteiger partial charge >= 0.3 is 0 Å². The number of amides is 1. The van der Waals surface area contributed by atoms with Crippen molar-refractivity contribution < 1.29 is 19.4 Å².